The Morgan fingerprint density at radius 3 is 2.76 bits per heavy atom. The molecule has 1 saturated heterocycles. The molecule has 1 unspecified atom stereocenters. The molecule has 1 aromatic rings. The van der Waals surface area contributed by atoms with Crippen LogP contribution in [-0.4, -0.2) is 41.1 Å². The first-order valence-electron chi connectivity index (χ1n) is 7.40. The van der Waals surface area contributed by atoms with Gasteiger partial charge in [0.05, 0.1) is 12.1 Å². The number of carbonyl (C=O) groups is 1. The van der Waals surface area contributed by atoms with Gasteiger partial charge in [-0.3, -0.25) is 9.69 Å². The van der Waals surface area contributed by atoms with Crippen LogP contribution in [0.3, 0.4) is 0 Å². The van der Waals surface area contributed by atoms with Crippen molar-refractivity contribution < 1.29 is 14.3 Å². The third-order valence-electron chi connectivity index (χ3n) is 3.93. The minimum Gasteiger partial charge on any atom is -0.390 e. The van der Waals surface area contributed by atoms with Gasteiger partial charge in [0.15, 0.2) is 0 Å². The Morgan fingerprint density at radius 1 is 1.33 bits per heavy atom. The SMILES string of the molecule is CC1(O)CCCN(CC(=O)NCc2ccc(F)cc2)CC1. The number of benzene rings is 1. The van der Waals surface area contributed by atoms with Gasteiger partial charge < -0.3 is 10.4 Å². The van der Waals surface area contributed by atoms with E-state index >= 15 is 0 Å². The number of nitrogens with zero attached hydrogens (tertiary/aromatic N) is 1. The van der Waals surface area contributed by atoms with Crippen LogP contribution in [0.4, 0.5) is 4.39 Å². The van der Waals surface area contributed by atoms with Crippen LogP contribution in [0.25, 0.3) is 0 Å². The number of carbonyl (C=O) groups excluding carboxylic acids is 1. The molecule has 21 heavy (non-hydrogen) atoms. The summed E-state index contributed by atoms with van der Waals surface area (Å²) in [6.45, 7) is 4.17. The lowest BCUT2D eigenvalue weighted by molar-refractivity contribution is -0.122. The van der Waals surface area contributed by atoms with Crippen LogP contribution < -0.4 is 5.32 Å². The maximum atomic E-state index is 12.8. The molecule has 4 nitrogen and oxygen atoms in total. The Bertz CT molecular complexity index is 474. The lowest BCUT2D eigenvalue weighted by atomic mass is 9.98. The highest BCUT2D eigenvalue weighted by molar-refractivity contribution is 5.78. The predicted molar refractivity (Wildman–Crippen MR) is 79.2 cm³/mol. The molecule has 0 aromatic heterocycles. The largest absolute Gasteiger partial charge is 0.390 e. The van der Waals surface area contributed by atoms with Crippen molar-refractivity contribution in [1.82, 2.24) is 10.2 Å². The summed E-state index contributed by atoms with van der Waals surface area (Å²) in [7, 11) is 0. The molecule has 116 valence electrons. The van der Waals surface area contributed by atoms with E-state index in [1.54, 1.807) is 12.1 Å². The van der Waals surface area contributed by atoms with Gasteiger partial charge in [-0.25, -0.2) is 4.39 Å². The first-order valence-corrected chi connectivity index (χ1v) is 7.40. The Morgan fingerprint density at radius 2 is 2.05 bits per heavy atom. The minimum atomic E-state index is -0.612. The molecule has 1 amide bonds. The van der Waals surface area contributed by atoms with Gasteiger partial charge in [-0.05, 0) is 50.4 Å². The lowest BCUT2D eigenvalue weighted by Gasteiger charge is -2.22. The van der Waals surface area contributed by atoms with Crippen LogP contribution in [0.5, 0.6) is 0 Å². The van der Waals surface area contributed by atoms with Crippen molar-refractivity contribution in [2.75, 3.05) is 19.6 Å². The van der Waals surface area contributed by atoms with E-state index in [1.807, 2.05) is 6.92 Å². The number of amides is 1. The monoisotopic (exact) mass is 294 g/mol. The topological polar surface area (TPSA) is 52.6 Å². The normalized spacial score (nSPS) is 23.6. The highest BCUT2D eigenvalue weighted by atomic mass is 19.1. The van der Waals surface area contributed by atoms with E-state index < -0.39 is 5.60 Å². The van der Waals surface area contributed by atoms with E-state index in [0.29, 0.717) is 19.5 Å². The van der Waals surface area contributed by atoms with E-state index in [2.05, 4.69) is 10.2 Å². The molecule has 1 fully saturated rings. The summed E-state index contributed by atoms with van der Waals surface area (Å²) in [5.41, 5.74) is 0.267. The zero-order valence-corrected chi connectivity index (χ0v) is 12.4. The van der Waals surface area contributed by atoms with Crippen LogP contribution in [0, 0.1) is 5.82 Å². The first kappa shape index (κ1) is 15.9. The lowest BCUT2D eigenvalue weighted by Crippen LogP contribution is -2.38. The number of rotatable bonds is 4. The molecule has 1 heterocycles. The summed E-state index contributed by atoms with van der Waals surface area (Å²) >= 11 is 0. The summed E-state index contributed by atoms with van der Waals surface area (Å²) in [6.07, 6.45) is 2.37. The molecule has 1 aliphatic heterocycles. The molecule has 1 aliphatic rings. The molecular formula is C16H23FN2O2. The number of halogens is 1. The van der Waals surface area contributed by atoms with Gasteiger partial charge in [0.1, 0.15) is 5.82 Å². The molecule has 0 saturated carbocycles. The third kappa shape index (κ3) is 5.44. The number of likely N-dealkylation sites (tertiary alicyclic amines) is 1. The van der Waals surface area contributed by atoms with E-state index in [4.69, 9.17) is 0 Å². The minimum absolute atomic E-state index is 0.0409. The summed E-state index contributed by atoms with van der Waals surface area (Å²) in [6, 6.07) is 6.11. The molecule has 0 aliphatic carbocycles. The molecule has 5 heteroatoms. The molecule has 0 radical (unpaired) electrons. The van der Waals surface area contributed by atoms with Crippen LogP contribution in [0.15, 0.2) is 24.3 Å². The second-order valence-corrected chi connectivity index (χ2v) is 6.03. The molecule has 0 spiro atoms. The van der Waals surface area contributed by atoms with Crippen LogP contribution in [0.1, 0.15) is 31.7 Å². The maximum Gasteiger partial charge on any atom is 0.234 e. The van der Waals surface area contributed by atoms with Crippen molar-refractivity contribution in [2.45, 2.75) is 38.3 Å². The number of nitrogens with one attached hydrogen (secondary N) is 1. The van der Waals surface area contributed by atoms with Gasteiger partial charge in [0.25, 0.3) is 0 Å². The van der Waals surface area contributed by atoms with Gasteiger partial charge >= 0.3 is 0 Å². The third-order valence-corrected chi connectivity index (χ3v) is 3.93. The van der Waals surface area contributed by atoms with Crippen LogP contribution in [-0.2, 0) is 11.3 Å². The standard InChI is InChI=1S/C16H23FN2O2/c1-16(21)7-2-9-19(10-8-16)12-15(20)18-11-13-3-5-14(17)6-4-13/h3-6,21H,2,7-12H2,1H3,(H,18,20). The molecular weight excluding hydrogens is 271 g/mol. The van der Waals surface area contributed by atoms with E-state index in [1.165, 1.54) is 12.1 Å². The average molecular weight is 294 g/mol. The molecule has 0 bridgehead atoms. The zero-order chi connectivity index (χ0) is 15.3. The van der Waals surface area contributed by atoms with Crippen molar-refractivity contribution in [3.8, 4) is 0 Å². The number of hydrogen-bond donors (Lipinski definition) is 2. The summed E-state index contributed by atoms with van der Waals surface area (Å²) in [5, 5.41) is 12.9. The van der Waals surface area contributed by atoms with Gasteiger partial charge in [-0.15, -0.1) is 0 Å². The second-order valence-electron chi connectivity index (χ2n) is 6.03. The van der Waals surface area contributed by atoms with Crippen molar-refractivity contribution >= 4 is 5.91 Å². The molecule has 2 rings (SSSR count). The Labute approximate surface area is 125 Å². The molecule has 2 N–H and O–H groups in total. The molecule has 1 aromatic carbocycles. The van der Waals surface area contributed by atoms with Crippen molar-refractivity contribution in [1.29, 1.82) is 0 Å². The summed E-state index contributed by atoms with van der Waals surface area (Å²) in [5.74, 6) is -0.317. The fourth-order valence-electron chi connectivity index (χ4n) is 2.54. The van der Waals surface area contributed by atoms with E-state index in [-0.39, 0.29) is 11.7 Å². The fraction of sp³-hybridized carbons (Fsp3) is 0.562. The highest BCUT2D eigenvalue weighted by Crippen LogP contribution is 2.21. The van der Waals surface area contributed by atoms with Crippen molar-refractivity contribution in [3.05, 3.63) is 35.6 Å². The van der Waals surface area contributed by atoms with Crippen LogP contribution >= 0.6 is 0 Å². The fourth-order valence-corrected chi connectivity index (χ4v) is 2.54. The predicted octanol–water partition coefficient (Wildman–Crippen LogP) is 1.68. The Balaban J connectivity index is 1.75. The highest BCUT2D eigenvalue weighted by Gasteiger charge is 2.25. The number of aliphatic hydroxyl groups is 1. The smallest absolute Gasteiger partial charge is 0.234 e. The zero-order valence-electron chi connectivity index (χ0n) is 12.4. The first-order chi connectivity index (χ1) is 9.94. The van der Waals surface area contributed by atoms with Crippen molar-refractivity contribution in [2.24, 2.45) is 0 Å². The van der Waals surface area contributed by atoms with Gasteiger partial charge in [0.2, 0.25) is 5.91 Å². The van der Waals surface area contributed by atoms with Crippen LogP contribution in [0.2, 0.25) is 0 Å². The quantitative estimate of drug-likeness (QED) is 0.888. The van der Waals surface area contributed by atoms with E-state index in [9.17, 15) is 14.3 Å². The Hall–Kier alpha value is -1.46. The van der Waals surface area contributed by atoms with Gasteiger partial charge in [-0.1, -0.05) is 12.1 Å². The molecule has 1 atom stereocenters. The van der Waals surface area contributed by atoms with Crippen molar-refractivity contribution in [3.63, 3.8) is 0 Å². The summed E-state index contributed by atoms with van der Waals surface area (Å²) in [4.78, 5) is 14.0. The van der Waals surface area contributed by atoms with Gasteiger partial charge in [-0.2, -0.15) is 0 Å². The average Bonchev–Trinajstić information content (AvgIpc) is 2.60. The van der Waals surface area contributed by atoms with Gasteiger partial charge in [0, 0.05) is 13.1 Å². The summed E-state index contributed by atoms with van der Waals surface area (Å²) < 4.78 is 12.8. The maximum absolute atomic E-state index is 12.8. The number of hydrogen-bond acceptors (Lipinski definition) is 3. The van der Waals surface area contributed by atoms with E-state index in [0.717, 1.165) is 31.5 Å². The second kappa shape index (κ2) is 7.00. The Kier molecular flexibility index (Phi) is 5.31.